The molecule has 0 saturated heterocycles. The summed E-state index contributed by atoms with van der Waals surface area (Å²) in [7, 11) is 1.64. The summed E-state index contributed by atoms with van der Waals surface area (Å²) >= 11 is 0. The fraction of sp³-hybridized carbons (Fsp3) is 0.462. The van der Waals surface area contributed by atoms with Crippen LogP contribution in [0.15, 0.2) is 24.3 Å². The number of hydrogen-bond donors (Lipinski definition) is 0. The molecule has 1 unspecified atom stereocenters. The molecule has 16 heavy (non-hydrogen) atoms. The van der Waals surface area contributed by atoms with Gasteiger partial charge in [-0.2, -0.15) is 0 Å². The Morgan fingerprint density at radius 2 is 1.94 bits per heavy atom. The maximum atomic E-state index is 10.9. The summed E-state index contributed by atoms with van der Waals surface area (Å²) in [5.74, 6) is 0.615. The van der Waals surface area contributed by atoms with Crippen molar-refractivity contribution in [1.82, 2.24) is 0 Å². The Kier molecular flexibility index (Phi) is 4.83. The van der Waals surface area contributed by atoms with Crippen molar-refractivity contribution < 1.29 is 14.3 Å². The molecule has 1 atom stereocenters. The molecule has 0 heterocycles. The van der Waals surface area contributed by atoms with Gasteiger partial charge in [-0.25, -0.2) is 0 Å². The van der Waals surface area contributed by atoms with Crippen molar-refractivity contribution >= 4 is 5.97 Å². The van der Waals surface area contributed by atoms with E-state index in [1.54, 1.807) is 7.11 Å². The highest BCUT2D eigenvalue weighted by atomic mass is 16.5. The summed E-state index contributed by atoms with van der Waals surface area (Å²) in [6.45, 7) is 3.45. The van der Waals surface area contributed by atoms with Gasteiger partial charge >= 0.3 is 5.97 Å². The Balaban J connectivity index is 2.59. The Bertz CT molecular complexity index is 330. The molecule has 0 aliphatic carbocycles. The molecule has 1 aromatic carbocycles. The lowest BCUT2D eigenvalue weighted by Gasteiger charge is -2.15. The normalized spacial score (nSPS) is 11.9. The minimum Gasteiger partial charge on any atom is -0.497 e. The highest BCUT2D eigenvalue weighted by molar-refractivity contribution is 5.66. The van der Waals surface area contributed by atoms with E-state index in [1.165, 1.54) is 6.92 Å². The van der Waals surface area contributed by atoms with Crippen LogP contribution in [0.4, 0.5) is 0 Å². The molecule has 1 aromatic rings. The topological polar surface area (TPSA) is 35.5 Å². The van der Waals surface area contributed by atoms with Crippen LogP contribution in [0.2, 0.25) is 0 Å². The van der Waals surface area contributed by atoms with E-state index in [-0.39, 0.29) is 12.1 Å². The first-order valence-corrected chi connectivity index (χ1v) is 5.45. The molecule has 0 fully saturated rings. The molecule has 0 amide bonds. The second-order valence-corrected chi connectivity index (χ2v) is 3.69. The summed E-state index contributed by atoms with van der Waals surface area (Å²) in [6, 6.07) is 7.81. The highest BCUT2D eigenvalue weighted by Gasteiger charge is 2.10. The van der Waals surface area contributed by atoms with Gasteiger partial charge in [0.2, 0.25) is 0 Å². The van der Waals surface area contributed by atoms with Crippen LogP contribution in [0.5, 0.6) is 5.75 Å². The SMILES string of the molecule is CCC(Cc1ccc(OC)cc1)OC(C)=O. The fourth-order valence-electron chi connectivity index (χ4n) is 1.53. The van der Waals surface area contributed by atoms with E-state index in [9.17, 15) is 4.79 Å². The van der Waals surface area contributed by atoms with Gasteiger partial charge in [0.25, 0.3) is 0 Å². The molecular formula is C13H18O3. The summed E-state index contributed by atoms with van der Waals surface area (Å²) in [4.78, 5) is 10.9. The lowest BCUT2D eigenvalue weighted by Crippen LogP contribution is -2.17. The number of rotatable bonds is 5. The molecule has 1 rings (SSSR count). The summed E-state index contributed by atoms with van der Waals surface area (Å²) in [5, 5.41) is 0. The first kappa shape index (κ1) is 12.6. The minimum atomic E-state index is -0.222. The van der Waals surface area contributed by atoms with Crippen LogP contribution in [0.1, 0.15) is 25.8 Å². The Hall–Kier alpha value is -1.51. The zero-order chi connectivity index (χ0) is 12.0. The first-order chi connectivity index (χ1) is 7.65. The predicted octanol–water partition coefficient (Wildman–Crippen LogP) is 2.58. The lowest BCUT2D eigenvalue weighted by atomic mass is 10.1. The van der Waals surface area contributed by atoms with Gasteiger partial charge in [-0.05, 0) is 24.1 Å². The molecule has 0 spiro atoms. The number of esters is 1. The molecular weight excluding hydrogens is 204 g/mol. The molecule has 3 nitrogen and oxygen atoms in total. The Morgan fingerprint density at radius 3 is 2.38 bits per heavy atom. The predicted molar refractivity (Wildman–Crippen MR) is 62.5 cm³/mol. The number of hydrogen-bond acceptors (Lipinski definition) is 3. The number of benzene rings is 1. The van der Waals surface area contributed by atoms with Crippen molar-refractivity contribution in [2.24, 2.45) is 0 Å². The van der Waals surface area contributed by atoms with Crippen LogP contribution in [-0.2, 0) is 16.0 Å². The van der Waals surface area contributed by atoms with E-state index in [0.29, 0.717) is 0 Å². The largest absolute Gasteiger partial charge is 0.497 e. The highest BCUT2D eigenvalue weighted by Crippen LogP contribution is 2.14. The number of methoxy groups -OCH3 is 1. The van der Waals surface area contributed by atoms with Crippen molar-refractivity contribution in [3.8, 4) is 5.75 Å². The van der Waals surface area contributed by atoms with Crippen LogP contribution in [-0.4, -0.2) is 19.2 Å². The van der Waals surface area contributed by atoms with Crippen molar-refractivity contribution in [2.45, 2.75) is 32.8 Å². The molecule has 0 radical (unpaired) electrons. The summed E-state index contributed by atoms with van der Waals surface area (Å²) in [6.07, 6.45) is 1.54. The van der Waals surface area contributed by atoms with Crippen molar-refractivity contribution in [1.29, 1.82) is 0 Å². The van der Waals surface area contributed by atoms with E-state index < -0.39 is 0 Å². The third-order valence-corrected chi connectivity index (χ3v) is 2.41. The molecule has 0 bridgehead atoms. The molecule has 0 N–H and O–H groups in total. The average molecular weight is 222 g/mol. The van der Waals surface area contributed by atoms with E-state index in [2.05, 4.69) is 0 Å². The maximum Gasteiger partial charge on any atom is 0.302 e. The standard InChI is InChI=1S/C13H18O3/c1-4-12(16-10(2)14)9-11-5-7-13(15-3)8-6-11/h5-8,12H,4,9H2,1-3H3. The van der Waals surface area contributed by atoms with Gasteiger partial charge < -0.3 is 9.47 Å². The molecule has 0 aliphatic rings. The van der Waals surface area contributed by atoms with Gasteiger partial charge in [-0.1, -0.05) is 19.1 Å². The van der Waals surface area contributed by atoms with Crippen LogP contribution in [0, 0.1) is 0 Å². The van der Waals surface area contributed by atoms with E-state index >= 15 is 0 Å². The maximum absolute atomic E-state index is 10.9. The second kappa shape index (κ2) is 6.16. The van der Waals surface area contributed by atoms with E-state index in [1.807, 2.05) is 31.2 Å². The molecule has 0 aromatic heterocycles. The van der Waals surface area contributed by atoms with E-state index in [0.717, 1.165) is 24.2 Å². The van der Waals surface area contributed by atoms with Crippen LogP contribution in [0.3, 0.4) is 0 Å². The minimum absolute atomic E-state index is 0.0362. The molecule has 0 saturated carbocycles. The second-order valence-electron chi connectivity index (χ2n) is 3.69. The lowest BCUT2D eigenvalue weighted by molar-refractivity contribution is -0.146. The van der Waals surface area contributed by atoms with Crippen LogP contribution in [0.25, 0.3) is 0 Å². The van der Waals surface area contributed by atoms with Crippen LogP contribution < -0.4 is 4.74 Å². The molecule has 0 aliphatic heterocycles. The van der Waals surface area contributed by atoms with Gasteiger partial charge in [0.15, 0.2) is 0 Å². The Labute approximate surface area is 96.4 Å². The van der Waals surface area contributed by atoms with Gasteiger partial charge in [-0.15, -0.1) is 0 Å². The van der Waals surface area contributed by atoms with Crippen molar-refractivity contribution in [3.63, 3.8) is 0 Å². The van der Waals surface area contributed by atoms with Crippen molar-refractivity contribution in [3.05, 3.63) is 29.8 Å². The third kappa shape index (κ3) is 3.93. The van der Waals surface area contributed by atoms with Gasteiger partial charge in [0, 0.05) is 13.3 Å². The van der Waals surface area contributed by atoms with Gasteiger partial charge in [0.1, 0.15) is 11.9 Å². The smallest absolute Gasteiger partial charge is 0.302 e. The third-order valence-electron chi connectivity index (χ3n) is 2.41. The van der Waals surface area contributed by atoms with E-state index in [4.69, 9.17) is 9.47 Å². The zero-order valence-corrected chi connectivity index (χ0v) is 10.0. The quantitative estimate of drug-likeness (QED) is 0.718. The summed E-state index contributed by atoms with van der Waals surface area (Å²) in [5.41, 5.74) is 1.15. The van der Waals surface area contributed by atoms with Gasteiger partial charge in [-0.3, -0.25) is 4.79 Å². The van der Waals surface area contributed by atoms with Crippen molar-refractivity contribution in [2.75, 3.05) is 7.11 Å². The monoisotopic (exact) mass is 222 g/mol. The summed E-state index contributed by atoms with van der Waals surface area (Å²) < 4.78 is 10.3. The van der Waals surface area contributed by atoms with Crippen LogP contribution >= 0.6 is 0 Å². The zero-order valence-electron chi connectivity index (χ0n) is 10.0. The number of ether oxygens (including phenoxy) is 2. The molecule has 88 valence electrons. The molecule has 3 heteroatoms. The number of carbonyl (C=O) groups excluding carboxylic acids is 1. The number of carbonyl (C=O) groups is 1. The average Bonchev–Trinajstić information content (AvgIpc) is 2.28. The Morgan fingerprint density at radius 1 is 1.31 bits per heavy atom. The van der Waals surface area contributed by atoms with Gasteiger partial charge in [0.05, 0.1) is 7.11 Å². The fourth-order valence-corrected chi connectivity index (χ4v) is 1.53. The first-order valence-electron chi connectivity index (χ1n) is 5.45.